The Balaban J connectivity index is 1.76. The summed E-state index contributed by atoms with van der Waals surface area (Å²) in [7, 11) is 0. The molecule has 0 radical (unpaired) electrons. The zero-order valence-corrected chi connectivity index (χ0v) is 18.4. The van der Waals surface area contributed by atoms with Crippen LogP contribution in [0.1, 0.15) is 28.4 Å². The highest BCUT2D eigenvalue weighted by molar-refractivity contribution is 5.41. The summed E-state index contributed by atoms with van der Waals surface area (Å²) in [6.07, 6.45) is 3.44. The Bertz CT molecular complexity index is 1080. The monoisotopic (exact) mass is 434 g/mol. The number of aromatic hydroxyl groups is 1. The van der Waals surface area contributed by atoms with Crippen molar-refractivity contribution < 1.29 is 10.2 Å². The third-order valence-corrected chi connectivity index (χ3v) is 6.19. The van der Waals surface area contributed by atoms with Gasteiger partial charge in [0.1, 0.15) is 5.75 Å². The molecule has 4 rings (SSSR count). The van der Waals surface area contributed by atoms with Gasteiger partial charge in [0.15, 0.2) is 0 Å². The fourth-order valence-corrected chi connectivity index (χ4v) is 4.48. The van der Waals surface area contributed by atoms with Crippen molar-refractivity contribution in [3.63, 3.8) is 0 Å². The van der Waals surface area contributed by atoms with E-state index < -0.39 is 0 Å². The van der Waals surface area contributed by atoms with E-state index in [-0.39, 0.29) is 24.0 Å². The maximum absolute atomic E-state index is 13.8. The molecule has 0 spiro atoms. The van der Waals surface area contributed by atoms with Crippen molar-refractivity contribution in [2.45, 2.75) is 19.5 Å². The molecule has 1 aliphatic heterocycles. The fraction of sp³-hybridized carbons (Fsp3) is 0.360. The fourth-order valence-electron chi connectivity index (χ4n) is 4.48. The molecule has 0 amide bonds. The van der Waals surface area contributed by atoms with Crippen molar-refractivity contribution in [3.8, 4) is 5.75 Å². The van der Waals surface area contributed by atoms with Crippen LogP contribution in [0.2, 0.25) is 0 Å². The molecule has 2 aromatic heterocycles. The summed E-state index contributed by atoms with van der Waals surface area (Å²) in [6.45, 7) is 6.15. The number of hydrogen-bond donors (Lipinski definition) is 2. The predicted octanol–water partition coefficient (Wildman–Crippen LogP) is 2.00. The SMILES string of the molecule is Cc1cc(O)c(C(c2ccncc2)N2CCN(CCO)CC2)c(=O)n1Cc1ccccc1. The van der Waals surface area contributed by atoms with Crippen LogP contribution in [0.5, 0.6) is 5.75 Å². The van der Waals surface area contributed by atoms with Crippen molar-refractivity contribution in [1.29, 1.82) is 0 Å². The van der Waals surface area contributed by atoms with Gasteiger partial charge in [-0.1, -0.05) is 30.3 Å². The van der Waals surface area contributed by atoms with Gasteiger partial charge in [0, 0.05) is 50.8 Å². The van der Waals surface area contributed by atoms with Crippen LogP contribution in [-0.2, 0) is 6.54 Å². The number of hydrogen-bond acceptors (Lipinski definition) is 6. The van der Waals surface area contributed by atoms with Gasteiger partial charge in [-0.2, -0.15) is 0 Å². The molecule has 1 saturated heterocycles. The van der Waals surface area contributed by atoms with Crippen LogP contribution in [0.4, 0.5) is 0 Å². The van der Waals surface area contributed by atoms with Gasteiger partial charge >= 0.3 is 0 Å². The van der Waals surface area contributed by atoms with E-state index in [9.17, 15) is 15.0 Å². The van der Waals surface area contributed by atoms with Crippen LogP contribution in [0.15, 0.2) is 65.7 Å². The van der Waals surface area contributed by atoms with E-state index in [0.717, 1.165) is 43.0 Å². The number of β-amino-alcohol motifs (C(OH)–C–C–N with tert-alkyl or cyclic N) is 1. The molecule has 0 saturated carbocycles. The number of piperazine rings is 1. The minimum atomic E-state index is -0.371. The van der Waals surface area contributed by atoms with Gasteiger partial charge in [0.05, 0.1) is 24.8 Å². The Morgan fingerprint density at radius 1 is 1.03 bits per heavy atom. The van der Waals surface area contributed by atoms with E-state index in [4.69, 9.17) is 0 Å². The lowest BCUT2D eigenvalue weighted by molar-refractivity contribution is 0.0932. The third-order valence-electron chi connectivity index (χ3n) is 6.19. The van der Waals surface area contributed by atoms with E-state index in [1.807, 2.05) is 49.4 Å². The first kappa shape index (κ1) is 22.2. The second-order valence-corrected chi connectivity index (χ2v) is 8.25. The summed E-state index contributed by atoms with van der Waals surface area (Å²) in [4.78, 5) is 22.3. The third kappa shape index (κ3) is 4.75. The standard InChI is InChI=1S/C25H30N4O3/c1-19-17-22(31)23(25(32)29(19)18-20-5-3-2-4-6-20)24(21-7-9-26-10-8-21)28-13-11-27(12-14-28)15-16-30/h2-10,17,24,30-31H,11-16,18H2,1H3. The number of aliphatic hydroxyl groups excluding tert-OH is 1. The van der Waals surface area contributed by atoms with Crippen LogP contribution in [0.25, 0.3) is 0 Å². The molecule has 32 heavy (non-hydrogen) atoms. The highest BCUT2D eigenvalue weighted by atomic mass is 16.3. The first-order valence-electron chi connectivity index (χ1n) is 11.0. The van der Waals surface area contributed by atoms with E-state index in [1.165, 1.54) is 0 Å². The van der Waals surface area contributed by atoms with Crippen LogP contribution < -0.4 is 5.56 Å². The number of benzene rings is 1. The van der Waals surface area contributed by atoms with Crippen molar-refractivity contribution in [2.24, 2.45) is 0 Å². The Morgan fingerprint density at radius 2 is 1.72 bits per heavy atom. The lowest BCUT2D eigenvalue weighted by Crippen LogP contribution is -2.49. The number of aliphatic hydroxyl groups is 1. The first-order valence-corrected chi connectivity index (χ1v) is 11.0. The summed E-state index contributed by atoms with van der Waals surface area (Å²) in [5, 5.41) is 20.2. The Hall–Kier alpha value is -3.00. The largest absolute Gasteiger partial charge is 0.507 e. The summed E-state index contributed by atoms with van der Waals surface area (Å²) in [5.74, 6) is 0.0245. The Kier molecular flexibility index (Phi) is 6.99. The number of rotatable bonds is 7. The quantitative estimate of drug-likeness (QED) is 0.592. The molecular formula is C25H30N4O3. The minimum Gasteiger partial charge on any atom is -0.507 e. The van der Waals surface area contributed by atoms with Gasteiger partial charge in [-0.15, -0.1) is 0 Å². The van der Waals surface area contributed by atoms with E-state index >= 15 is 0 Å². The second kappa shape index (κ2) is 10.1. The molecule has 3 aromatic rings. The normalized spacial score (nSPS) is 16.2. The maximum atomic E-state index is 13.8. The average molecular weight is 435 g/mol. The molecule has 1 unspecified atom stereocenters. The molecule has 7 nitrogen and oxygen atoms in total. The lowest BCUT2D eigenvalue weighted by atomic mass is 9.96. The highest BCUT2D eigenvalue weighted by Gasteiger charge is 2.31. The molecule has 3 heterocycles. The highest BCUT2D eigenvalue weighted by Crippen LogP contribution is 2.33. The molecule has 1 atom stereocenters. The van der Waals surface area contributed by atoms with Crippen molar-refractivity contribution in [1.82, 2.24) is 19.4 Å². The minimum absolute atomic E-state index is 0.0245. The summed E-state index contributed by atoms with van der Waals surface area (Å²) in [5.41, 5.74) is 2.91. The molecule has 2 N–H and O–H groups in total. The first-order chi connectivity index (χ1) is 15.6. The van der Waals surface area contributed by atoms with Crippen molar-refractivity contribution in [3.05, 3.63) is 93.7 Å². The van der Waals surface area contributed by atoms with E-state index in [0.29, 0.717) is 18.7 Å². The van der Waals surface area contributed by atoms with Crippen molar-refractivity contribution in [2.75, 3.05) is 39.3 Å². The van der Waals surface area contributed by atoms with Crippen LogP contribution in [0, 0.1) is 6.92 Å². The van der Waals surface area contributed by atoms with Crippen LogP contribution in [-0.4, -0.2) is 68.9 Å². The van der Waals surface area contributed by atoms with Gasteiger partial charge in [-0.3, -0.25) is 19.6 Å². The number of aryl methyl sites for hydroxylation is 1. The topological polar surface area (TPSA) is 81.8 Å². The molecular weight excluding hydrogens is 404 g/mol. The Labute approximate surface area is 188 Å². The van der Waals surface area contributed by atoms with E-state index in [2.05, 4.69) is 14.8 Å². The number of pyridine rings is 2. The van der Waals surface area contributed by atoms with Gasteiger partial charge in [0.2, 0.25) is 0 Å². The van der Waals surface area contributed by atoms with Gasteiger partial charge < -0.3 is 14.8 Å². The average Bonchev–Trinajstić information content (AvgIpc) is 2.81. The molecule has 0 bridgehead atoms. The lowest BCUT2D eigenvalue weighted by Gasteiger charge is -2.39. The molecule has 7 heteroatoms. The summed E-state index contributed by atoms with van der Waals surface area (Å²) < 4.78 is 1.74. The van der Waals surface area contributed by atoms with Gasteiger partial charge in [-0.25, -0.2) is 0 Å². The Morgan fingerprint density at radius 3 is 2.38 bits per heavy atom. The molecule has 0 aliphatic carbocycles. The smallest absolute Gasteiger partial charge is 0.259 e. The zero-order chi connectivity index (χ0) is 22.5. The van der Waals surface area contributed by atoms with Gasteiger partial charge in [-0.05, 0) is 36.2 Å². The summed E-state index contributed by atoms with van der Waals surface area (Å²) in [6, 6.07) is 15.0. The second-order valence-electron chi connectivity index (χ2n) is 8.25. The number of nitrogens with zero attached hydrogens (tertiary/aromatic N) is 4. The molecule has 1 fully saturated rings. The molecule has 1 aliphatic rings. The molecule has 168 valence electrons. The van der Waals surface area contributed by atoms with E-state index in [1.54, 1.807) is 23.0 Å². The summed E-state index contributed by atoms with van der Waals surface area (Å²) >= 11 is 0. The van der Waals surface area contributed by atoms with Crippen LogP contribution >= 0.6 is 0 Å². The number of aromatic nitrogens is 2. The van der Waals surface area contributed by atoms with Crippen molar-refractivity contribution >= 4 is 0 Å². The van der Waals surface area contributed by atoms with Gasteiger partial charge in [0.25, 0.3) is 5.56 Å². The zero-order valence-electron chi connectivity index (χ0n) is 18.4. The maximum Gasteiger partial charge on any atom is 0.259 e. The predicted molar refractivity (Wildman–Crippen MR) is 124 cm³/mol. The molecule has 1 aromatic carbocycles. The van der Waals surface area contributed by atoms with Crippen LogP contribution in [0.3, 0.4) is 0 Å².